The van der Waals surface area contributed by atoms with Gasteiger partial charge in [-0.3, -0.25) is 0 Å². The van der Waals surface area contributed by atoms with Gasteiger partial charge in [-0.15, -0.1) is 0 Å². The summed E-state index contributed by atoms with van der Waals surface area (Å²) in [5.74, 6) is 2.08. The van der Waals surface area contributed by atoms with Crippen molar-refractivity contribution < 1.29 is 4.42 Å². The zero-order valence-corrected chi connectivity index (χ0v) is 10.1. The molecule has 1 heterocycles. The van der Waals surface area contributed by atoms with Gasteiger partial charge in [0.2, 0.25) is 0 Å². The van der Waals surface area contributed by atoms with Crippen LogP contribution in [0.3, 0.4) is 0 Å². The second-order valence-electron chi connectivity index (χ2n) is 5.01. The van der Waals surface area contributed by atoms with Crippen LogP contribution in [0, 0.1) is 5.92 Å². The van der Waals surface area contributed by atoms with Gasteiger partial charge in [0.1, 0.15) is 11.3 Å². The Hall–Kier alpha value is -1.28. The second-order valence-corrected chi connectivity index (χ2v) is 5.01. The summed E-state index contributed by atoms with van der Waals surface area (Å²) in [7, 11) is 0. The van der Waals surface area contributed by atoms with E-state index in [2.05, 4.69) is 17.4 Å². The van der Waals surface area contributed by atoms with Crippen molar-refractivity contribution in [1.82, 2.24) is 5.32 Å². The van der Waals surface area contributed by atoms with Gasteiger partial charge < -0.3 is 9.73 Å². The van der Waals surface area contributed by atoms with Gasteiger partial charge in [0.15, 0.2) is 0 Å². The third-order valence-corrected chi connectivity index (χ3v) is 3.44. The number of hydrogen-bond acceptors (Lipinski definition) is 2. The molecule has 1 fully saturated rings. The Kier molecular flexibility index (Phi) is 3.14. The minimum absolute atomic E-state index is 0.847. The van der Waals surface area contributed by atoms with Crippen molar-refractivity contribution in [2.75, 3.05) is 6.54 Å². The first kappa shape index (κ1) is 10.8. The Morgan fingerprint density at radius 1 is 1.24 bits per heavy atom. The lowest BCUT2D eigenvalue weighted by Crippen LogP contribution is -2.14. The average molecular weight is 229 g/mol. The molecule has 17 heavy (non-hydrogen) atoms. The molecule has 0 spiro atoms. The lowest BCUT2D eigenvalue weighted by atomic mass is 10.2. The Morgan fingerprint density at radius 3 is 2.94 bits per heavy atom. The number of furan rings is 1. The molecule has 1 aliphatic carbocycles. The van der Waals surface area contributed by atoms with Gasteiger partial charge in [-0.2, -0.15) is 0 Å². The van der Waals surface area contributed by atoms with E-state index in [1.54, 1.807) is 0 Å². The van der Waals surface area contributed by atoms with Crippen molar-refractivity contribution in [1.29, 1.82) is 0 Å². The summed E-state index contributed by atoms with van der Waals surface area (Å²) in [6, 6.07) is 10.3. The fourth-order valence-corrected chi connectivity index (χ4v) is 2.26. The third-order valence-electron chi connectivity index (χ3n) is 3.44. The summed E-state index contributed by atoms with van der Waals surface area (Å²) >= 11 is 0. The highest BCUT2D eigenvalue weighted by molar-refractivity contribution is 5.77. The summed E-state index contributed by atoms with van der Waals surface area (Å²) in [6.45, 7) is 1.95. The van der Waals surface area contributed by atoms with E-state index in [0.717, 1.165) is 30.4 Å². The maximum Gasteiger partial charge on any atom is 0.134 e. The van der Waals surface area contributed by atoms with Crippen LogP contribution in [0.25, 0.3) is 11.0 Å². The average Bonchev–Trinajstić information content (AvgIpc) is 3.07. The summed E-state index contributed by atoms with van der Waals surface area (Å²) < 4.78 is 5.75. The molecule has 1 aromatic carbocycles. The largest absolute Gasteiger partial charge is 0.460 e. The lowest BCUT2D eigenvalue weighted by molar-refractivity contribution is 0.503. The molecule has 1 aromatic heterocycles. The number of hydrogen-bond donors (Lipinski definition) is 1. The highest BCUT2D eigenvalue weighted by Gasteiger charge is 2.19. The van der Waals surface area contributed by atoms with Crippen LogP contribution in [0.15, 0.2) is 34.7 Å². The maximum absolute atomic E-state index is 5.75. The Bertz CT molecular complexity index is 451. The normalized spacial score (nSPS) is 15.5. The fourth-order valence-electron chi connectivity index (χ4n) is 2.26. The molecule has 2 aromatic rings. The smallest absolute Gasteiger partial charge is 0.134 e. The van der Waals surface area contributed by atoms with Crippen LogP contribution in [0.2, 0.25) is 0 Å². The molecule has 2 nitrogen and oxygen atoms in total. The van der Waals surface area contributed by atoms with Crippen molar-refractivity contribution in [2.24, 2.45) is 5.92 Å². The summed E-state index contributed by atoms with van der Waals surface area (Å²) in [5.41, 5.74) is 0.988. The van der Waals surface area contributed by atoms with Crippen molar-refractivity contribution in [3.8, 4) is 0 Å². The lowest BCUT2D eigenvalue weighted by Gasteiger charge is -2.01. The van der Waals surface area contributed by atoms with E-state index in [1.807, 2.05) is 18.2 Å². The number of para-hydroxylation sites is 1. The minimum atomic E-state index is 0.847. The van der Waals surface area contributed by atoms with Crippen LogP contribution in [-0.2, 0) is 6.54 Å². The number of benzene rings is 1. The van der Waals surface area contributed by atoms with Gasteiger partial charge in [-0.25, -0.2) is 0 Å². The molecule has 90 valence electrons. The molecule has 1 saturated carbocycles. The molecular formula is C15H19NO. The highest BCUT2D eigenvalue weighted by Crippen LogP contribution is 2.33. The molecule has 0 bridgehead atoms. The van der Waals surface area contributed by atoms with Gasteiger partial charge in [-0.1, -0.05) is 31.0 Å². The van der Waals surface area contributed by atoms with Crippen LogP contribution in [0.4, 0.5) is 0 Å². The first-order valence-corrected chi connectivity index (χ1v) is 6.60. The van der Waals surface area contributed by atoms with Crippen molar-refractivity contribution >= 4 is 11.0 Å². The van der Waals surface area contributed by atoms with E-state index in [4.69, 9.17) is 4.42 Å². The molecule has 2 heteroatoms. The van der Waals surface area contributed by atoms with Crippen LogP contribution in [0.1, 0.15) is 31.4 Å². The zero-order valence-electron chi connectivity index (χ0n) is 10.1. The molecule has 0 amide bonds. The molecule has 0 radical (unpaired) electrons. The van der Waals surface area contributed by atoms with Crippen LogP contribution in [-0.4, -0.2) is 6.54 Å². The highest BCUT2D eigenvalue weighted by atomic mass is 16.3. The van der Waals surface area contributed by atoms with E-state index in [0.29, 0.717) is 0 Å². The van der Waals surface area contributed by atoms with Gasteiger partial charge in [0.05, 0.1) is 6.54 Å². The first-order chi connectivity index (χ1) is 8.42. The molecule has 0 atom stereocenters. The predicted octanol–water partition coefficient (Wildman–Crippen LogP) is 3.71. The standard InChI is InChI=1S/C15H19NO/c1-2-6-15-13(5-1)10-14(17-15)11-16-9-3-4-12-7-8-12/h1-2,5-6,10,12,16H,3-4,7-9,11H2. The number of rotatable bonds is 6. The zero-order chi connectivity index (χ0) is 11.5. The quantitative estimate of drug-likeness (QED) is 0.764. The molecule has 0 saturated heterocycles. The van der Waals surface area contributed by atoms with Gasteiger partial charge in [0, 0.05) is 5.39 Å². The van der Waals surface area contributed by atoms with Crippen molar-refractivity contribution in [2.45, 2.75) is 32.2 Å². The monoisotopic (exact) mass is 229 g/mol. The minimum Gasteiger partial charge on any atom is -0.460 e. The van der Waals surface area contributed by atoms with E-state index in [9.17, 15) is 0 Å². The Balaban J connectivity index is 1.46. The molecular weight excluding hydrogens is 210 g/mol. The maximum atomic E-state index is 5.75. The number of fused-ring (bicyclic) bond motifs is 1. The van der Waals surface area contributed by atoms with E-state index >= 15 is 0 Å². The molecule has 3 rings (SSSR count). The van der Waals surface area contributed by atoms with Crippen LogP contribution >= 0.6 is 0 Å². The van der Waals surface area contributed by atoms with Crippen LogP contribution < -0.4 is 5.32 Å². The van der Waals surface area contributed by atoms with E-state index in [-0.39, 0.29) is 0 Å². The summed E-state index contributed by atoms with van der Waals surface area (Å²) in [5, 5.41) is 4.65. The topological polar surface area (TPSA) is 25.2 Å². The van der Waals surface area contributed by atoms with Gasteiger partial charge in [0.25, 0.3) is 0 Å². The van der Waals surface area contributed by atoms with Crippen LogP contribution in [0.5, 0.6) is 0 Å². The second kappa shape index (κ2) is 4.92. The van der Waals surface area contributed by atoms with Gasteiger partial charge >= 0.3 is 0 Å². The Morgan fingerprint density at radius 2 is 2.12 bits per heavy atom. The summed E-state index contributed by atoms with van der Waals surface area (Å²) in [4.78, 5) is 0. The summed E-state index contributed by atoms with van der Waals surface area (Å²) in [6.07, 6.45) is 5.62. The first-order valence-electron chi connectivity index (χ1n) is 6.60. The Labute approximate surface area is 102 Å². The number of nitrogens with one attached hydrogen (secondary N) is 1. The molecule has 0 unspecified atom stereocenters. The van der Waals surface area contributed by atoms with Crippen molar-refractivity contribution in [3.63, 3.8) is 0 Å². The fraction of sp³-hybridized carbons (Fsp3) is 0.467. The van der Waals surface area contributed by atoms with E-state index in [1.165, 1.54) is 31.1 Å². The molecule has 0 aliphatic heterocycles. The SMILES string of the molecule is c1ccc2oc(CNCCCC3CC3)cc2c1. The third kappa shape index (κ3) is 2.89. The van der Waals surface area contributed by atoms with Crippen molar-refractivity contribution in [3.05, 3.63) is 36.1 Å². The predicted molar refractivity (Wildman–Crippen MR) is 69.9 cm³/mol. The van der Waals surface area contributed by atoms with E-state index < -0.39 is 0 Å². The molecule has 1 N–H and O–H groups in total. The molecule has 1 aliphatic rings. The van der Waals surface area contributed by atoms with Gasteiger partial charge in [-0.05, 0) is 37.4 Å².